The second-order valence-corrected chi connectivity index (χ2v) is 5.99. The zero-order valence-corrected chi connectivity index (χ0v) is 12.5. The van der Waals surface area contributed by atoms with E-state index in [1.807, 2.05) is 5.38 Å². The van der Waals surface area contributed by atoms with Crippen LogP contribution in [0.3, 0.4) is 0 Å². The first-order chi connectivity index (χ1) is 10.5. The quantitative estimate of drug-likeness (QED) is 0.758. The highest BCUT2D eigenvalue weighted by atomic mass is 32.1. The van der Waals surface area contributed by atoms with E-state index in [1.165, 1.54) is 11.3 Å². The lowest BCUT2D eigenvalue weighted by Crippen LogP contribution is -2.40. The van der Waals surface area contributed by atoms with Crippen LogP contribution in [0.15, 0.2) is 41.8 Å². The van der Waals surface area contributed by atoms with Gasteiger partial charge in [-0.25, -0.2) is 4.79 Å². The first kappa shape index (κ1) is 14.3. The van der Waals surface area contributed by atoms with Crippen molar-refractivity contribution in [1.82, 2.24) is 10.6 Å². The minimum Gasteiger partial charge on any atom is -0.321 e. The summed E-state index contributed by atoms with van der Waals surface area (Å²) in [6.07, 6.45) is 0. The molecule has 7 heteroatoms. The van der Waals surface area contributed by atoms with Crippen molar-refractivity contribution in [2.24, 2.45) is 0 Å². The molecule has 3 N–H and O–H groups in total. The summed E-state index contributed by atoms with van der Waals surface area (Å²) >= 11 is 1.35. The second-order valence-electron chi connectivity index (χ2n) is 5.05. The number of amides is 4. The number of hydrogen-bond donors (Lipinski definition) is 3. The number of hydrogen-bond acceptors (Lipinski definition) is 4. The molecule has 0 radical (unpaired) electrons. The smallest absolute Gasteiger partial charge is 0.321 e. The summed E-state index contributed by atoms with van der Waals surface area (Å²) in [6, 6.07) is 9.86. The van der Waals surface area contributed by atoms with Gasteiger partial charge in [-0.2, -0.15) is 0 Å². The molecule has 0 aliphatic carbocycles. The van der Waals surface area contributed by atoms with Crippen LogP contribution >= 0.6 is 11.3 Å². The van der Waals surface area contributed by atoms with Crippen LogP contribution in [-0.4, -0.2) is 17.8 Å². The molecule has 0 spiro atoms. The number of anilines is 1. The Labute approximate surface area is 130 Å². The highest BCUT2D eigenvalue weighted by molar-refractivity contribution is 7.12. The van der Waals surface area contributed by atoms with Crippen molar-refractivity contribution in [2.45, 2.75) is 12.5 Å². The standard InChI is InChI=1S/C15H13N3O3S/c1-15(13(20)17-14(21)18-15)9-4-2-5-10(8-9)16-12(19)11-6-3-7-22-11/h2-8H,1H3,(H,16,19)(H2,17,18,20,21)/t15-/m0/s1. The third-order valence-corrected chi connectivity index (χ3v) is 4.36. The van der Waals surface area contributed by atoms with Crippen molar-refractivity contribution in [3.63, 3.8) is 0 Å². The third-order valence-electron chi connectivity index (χ3n) is 3.49. The molecular formula is C15H13N3O3S. The topological polar surface area (TPSA) is 87.3 Å². The predicted octanol–water partition coefficient (Wildman–Crippen LogP) is 2.05. The van der Waals surface area contributed by atoms with Crippen LogP contribution < -0.4 is 16.0 Å². The van der Waals surface area contributed by atoms with E-state index >= 15 is 0 Å². The number of carbonyl (C=O) groups excluding carboxylic acids is 3. The van der Waals surface area contributed by atoms with E-state index < -0.39 is 17.5 Å². The first-order valence-corrected chi connectivity index (χ1v) is 7.46. The number of urea groups is 1. The van der Waals surface area contributed by atoms with Gasteiger partial charge in [-0.3, -0.25) is 14.9 Å². The molecule has 4 amide bonds. The Hall–Kier alpha value is -2.67. The van der Waals surface area contributed by atoms with Gasteiger partial charge in [-0.15, -0.1) is 11.3 Å². The molecule has 1 fully saturated rings. The lowest BCUT2D eigenvalue weighted by atomic mass is 9.92. The summed E-state index contributed by atoms with van der Waals surface area (Å²) in [5.41, 5.74) is 0.0201. The summed E-state index contributed by atoms with van der Waals surface area (Å²) in [5.74, 6) is -0.628. The molecule has 1 aliphatic rings. The minimum atomic E-state index is -1.14. The van der Waals surface area contributed by atoms with Crippen LogP contribution in [0.2, 0.25) is 0 Å². The molecule has 1 saturated heterocycles. The Balaban J connectivity index is 1.86. The van der Waals surface area contributed by atoms with E-state index in [-0.39, 0.29) is 5.91 Å². The van der Waals surface area contributed by atoms with Crippen molar-refractivity contribution in [1.29, 1.82) is 0 Å². The van der Waals surface area contributed by atoms with E-state index in [0.29, 0.717) is 16.1 Å². The molecular weight excluding hydrogens is 302 g/mol. The predicted molar refractivity (Wildman–Crippen MR) is 82.7 cm³/mol. The second kappa shape index (κ2) is 5.27. The SMILES string of the molecule is C[C@@]1(c2cccc(NC(=O)c3cccs3)c2)NC(=O)NC1=O. The van der Waals surface area contributed by atoms with Gasteiger partial charge >= 0.3 is 6.03 Å². The maximum atomic E-state index is 12.1. The van der Waals surface area contributed by atoms with Crippen LogP contribution in [0.5, 0.6) is 0 Å². The number of thiophene rings is 1. The van der Waals surface area contributed by atoms with E-state index in [4.69, 9.17) is 0 Å². The van der Waals surface area contributed by atoms with Gasteiger partial charge in [0.1, 0.15) is 5.54 Å². The fourth-order valence-electron chi connectivity index (χ4n) is 2.25. The molecule has 112 valence electrons. The average Bonchev–Trinajstić information content (AvgIpc) is 3.09. The van der Waals surface area contributed by atoms with Gasteiger partial charge in [0.2, 0.25) is 0 Å². The van der Waals surface area contributed by atoms with E-state index in [2.05, 4.69) is 16.0 Å². The average molecular weight is 315 g/mol. The fraction of sp³-hybridized carbons (Fsp3) is 0.133. The summed E-state index contributed by atoms with van der Waals surface area (Å²) in [5, 5.41) is 9.41. The largest absolute Gasteiger partial charge is 0.322 e. The van der Waals surface area contributed by atoms with Crippen molar-refractivity contribution in [3.05, 3.63) is 52.2 Å². The van der Waals surface area contributed by atoms with Crippen molar-refractivity contribution >= 4 is 34.9 Å². The molecule has 6 nitrogen and oxygen atoms in total. The number of benzene rings is 1. The normalized spacial score (nSPS) is 20.4. The molecule has 1 aliphatic heterocycles. The zero-order valence-electron chi connectivity index (χ0n) is 11.7. The Morgan fingerprint density at radius 3 is 2.68 bits per heavy atom. The van der Waals surface area contributed by atoms with Crippen molar-refractivity contribution in [3.8, 4) is 0 Å². The minimum absolute atomic E-state index is 0.211. The maximum absolute atomic E-state index is 12.1. The highest BCUT2D eigenvalue weighted by Crippen LogP contribution is 2.26. The van der Waals surface area contributed by atoms with Gasteiger partial charge < -0.3 is 10.6 Å². The van der Waals surface area contributed by atoms with Crippen LogP contribution in [0.4, 0.5) is 10.5 Å². The Morgan fingerprint density at radius 2 is 2.05 bits per heavy atom. The third kappa shape index (κ3) is 2.46. The van der Waals surface area contributed by atoms with Gasteiger partial charge in [-0.05, 0) is 36.1 Å². The number of nitrogens with one attached hydrogen (secondary N) is 3. The highest BCUT2D eigenvalue weighted by Gasteiger charge is 2.43. The molecule has 2 heterocycles. The molecule has 0 unspecified atom stereocenters. The fourth-order valence-corrected chi connectivity index (χ4v) is 2.87. The Bertz CT molecular complexity index is 757. The summed E-state index contributed by atoms with van der Waals surface area (Å²) in [4.78, 5) is 36.0. The lowest BCUT2D eigenvalue weighted by Gasteiger charge is -2.21. The zero-order chi connectivity index (χ0) is 15.7. The van der Waals surface area contributed by atoms with Crippen LogP contribution in [0.25, 0.3) is 0 Å². The van der Waals surface area contributed by atoms with Crippen molar-refractivity contribution in [2.75, 3.05) is 5.32 Å². The number of carbonyl (C=O) groups is 3. The van der Waals surface area contributed by atoms with Gasteiger partial charge in [0.25, 0.3) is 11.8 Å². The maximum Gasteiger partial charge on any atom is 0.322 e. The Morgan fingerprint density at radius 1 is 1.23 bits per heavy atom. The van der Waals surface area contributed by atoms with Crippen LogP contribution in [0, 0.1) is 0 Å². The monoisotopic (exact) mass is 315 g/mol. The number of imide groups is 1. The van der Waals surface area contributed by atoms with E-state index in [9.17, 15) is 14.4 Å². The van der Waals surface area contributed by atoms with Crippen molar-refractivity contribution < 1.29 is 14.4 Å². The molecule has 22 heavy (non-hydrogen) atoms. The summed E-state index contributed by atoms with van der Waals surface area (Å²) in [6.45, 7) is 1.62. The van der Waals surface area contributed by atoms with Gasteiger partial charge in [0.15, 0.2) is 0 Å². The lowest BCUT2D eigenvalue weighted by molar-refractivity contribution is -0.123. The number of rotatable bonds is 3. The van der Waals surface area contributed by atoms with Gasteiger partial charge in [0, 0.05) is 5.69 Å². The molecule has 3 rings (SSSR count). The van der Waals surface area contributed by atoms with Crippen LogP contribution in [-0.2, 0) is 10.3 Å². The van der Waals surface area contributed by atoms with Gasteiger partial charge in [-0.1, -0.05) is 18.2 Å². The van der Waals surface area contributed by atoms with Gasteiger partial charge in [0.05, 0.1) is 4.88 Å². The summed E-state index contributed by atoms with van der Waals surface area (Å²) < 4.78 is 0. The molecule has 0 bridgehead atoms. The van der Waals surface area contributed by atoms with E-state index in [1.54, 1.807) is 43.3 Å². The molecule has 1 aromatic carbocycles. The van der Waals surface area contributed by atoms with E-state index in [0.717, 1.165) is 0 Å². The molecule has 1 atom stereocenters. The van der Waals surface area contributed by atoms with Crippen LogP contribution in [0.1, 0.15) is 22.2 Å². The first-order valence-electron chi connectivity index (χ1n) is 6.58. The summed E-state index contributed by atoms with van der Waals surface area (Å²) in [7, 11) is 0. The molecule has 2 aromatic rings. The molecule has 1 aromatic heterocycles. The Kier molecular flexibility index (Phi) is 3.42. The molecule has 0 saturated carbocycles.